The predicted molar refractivity (Wildman–Crippen MR) is 320 cm³/mol. The van der Waals surface area contributed by atoms with Gasteiger partial charge in [-0.25, -0.2) is 0 Å². The van der Waals surface area contributed by atoms with E-state index in [9.17, 15) is 147 Å². The van der Waals surface area contributed by atoms with Gasteiger partial charge in [-0.2, -0.15) is 0 Å². The molecule has 9 heterocycles. The molecule has 0 bridgehead atoms. The normalized spacial score (nSPS) is 50.7. The first-order valence-electron chi connectivity index (χ1n) is 33.7. The Morgan fingerprint density at radius 3 is 1.06 bits per heavy atom. The van der Waals surface area contributed by atoms with Crippen LogP contribution < -0.4 is 10.6 Å². The van der Waals surface area contributed by atoms with Crippen molar-refractivity contribution in [3.05, 3.63) is 0 Å². The van der Waals surface area contributed by atoms with Crippen molar-refractivity contribution in [2.24, 2.45) is 0 Å². The summed E-state index contributed by atoms with van der Waals surface area (Å²) >= 11 is 0. The zero-order valence-electron chi connectivity index (χ0n) is 56.2. The van der Waals surface area contributed by atoms with Gasteiger partial charge in [0.15, 0.2) is 56.6 Å². The zero-order chi connectivity index (χ0) is 77.9. The van der Waals surface area contributed by atoms with Gasteiger partial charge < -0.3 is 229 Å². The fraction of sp³-hybridized carbons (Fsp3) is 0.966. The molecule has 29 N–H and O–H groups in total. The van der Waals surface area contributed by atoms with Crippen molar-refractivity contribution in [3.8, 4) is 0 Å². The number of ether oxygens (including phenoxy) is 17. The molecule has 9 saturated heterocycles. The van der Waals surface area contributed by atoms with Gasteiger partial charge in [0.25, 0.3) is 0 Å². The number of aliphatic hydroxyl groups is 27. The molecule has 48 heteroatoms. The Morgan fingerprint density at radius 1 is 0.292 bits per heavy atom. The van der Waals surface area contributed by atoms with Crippen LogP contribution in [0.1, 0.15) is 13.8 Å². The molecular weight excluding hydrogens is 1460 g/mol. The molecule has 9 aliphatic rings. The van der Waals surface area contributed by atoms with Crippen molar-refractivity contribution in [1.29, 1.82) is 0 Å². The second-order valence-electron chi connectivity index (χ2n) is 26.7. The Morgan fingerprint density at radius 2 is 0.604 bits per heavy atom. The van der Waals surface area contributed by atoms with Crippen molar-refractivity contribution in [2.75, 3.05) is 59.5 Å². The number of hydrogen-bond acceptors (Lipinski definition) is 46. The number of aliphatic hydroxyl groups excluding tert-OH is 27. The lowest BCUT2D eigenvalue weighted by Gasteiger charge is -2.51. The predicted octanol–water partition coefficient (Wildman–Crippen LogP) is -20.3. The second-order valence-corrected chi connectivity index (χ2v) is 26.7. The van der Waals surface area contributed by atoms with Crippen LogP contribution in [0.3, 0.4) is 0 Å². The zero-order valence-corrected chi connectivity index (χ0v) is 56.2. The van der Waals surface area contributed by atoms with Crippen molar-refractivity contribution in [3.63, 3.8) is 0 Å². The molecule has 9 aliphatic heterocycles. The maximum Gasteiger partial charge on any atom is 0.217 e. The number of carbonyl (C=O) groups excluding carboxylic acids is 2. The first kappa shape index (κ1) is 87.2. The molecule has 0 aromatic carbocycles. The van der Waals surface area contributed by atoms with E-state index in [2.05, 4.69) is 10.6 Å². The first-order valence-corrected chi connectivity index (χ1v) is 33.7. The summed E-state index contributed by atoms with van der Waals surface area (Å²) in [4.78, 5) is 25.0. The van der Waals surface area contributed by atoms with Crippen molar-refractivity contribution < 1.29 is 228 Å². The Bertz CT molecular complexity index is 2710. The summed E-state index contributed by atoms with van der Waals surface area (Å²) in [6.07, 6.45) is -90.4. The standard InChI is InChI=1S/C58H98N2O46/c1-12(68)59-23-31(77)44(19(8-66)92-50(23)89)101-51-24(60-13(2)69)32(78)45(20(9-67)97-51)102-56-42(88)47(104-57-48(35(81)27(73)17(6-64)95-57)105-54-39(85)34(80)26(72)16(5-63)94-54)30(76)22(99-56)11-91-53-41(87)46(29(75)21(98-53)10-90-52-38(84)33(79)25(71)15(4-62)93-52)103-58-49(36(82)28(74)18(7-65)96-58)106-55-40(86)37(83)43(100-55)14(70)3-61/h14-58,61-67,70-89H,3-11H2,1-2H3,(H,59,68)(H,60,69). The number of rotatable bonds is 28. The van der Waals surface area contributed by atoms with Crippen LogP contribution >= 0.6 is 0 Å². The minimum atomic E-state index is -2.55. The summed E-state index contributed by atoms with van der Waals surface area (Å²) in [5.74, 6) is -1.72. The van der Waals surface area contributed by atoms with Crippen LogP contribution in [0.4, 0.5) is 0 Å². The molecule has 9 rings (SSSR count). The third-order valence-electron chi connectivity index (χ3n) is 19.5. The van der Waals surface area contributed by atoms with Crippen LogP contribution in [0.5, 0.6) is 0 Å². The van der Waals surface area contributed by atoms with Crippen LogP contribution in [0.2, 0.25) is 0 Å². The van der Waals surface area contributed by atoms with E-state index in [0.717, 1.165) is 13.8 Å². The SMILES string of the molecule is CC(=O)NC1C(O)OC(CO)C(OC2OC(CO)C(OC3OC(COC4OC(COC5OC(CO)C(O)C(O)C5O)C(O)C(OC5OC(CO)C(O)C(O)C5OC5OC(C(O)CO)C(O)C5O)C4O)C(O)C(OC4OC(CO)C(O)C(O)C4OC4OC(CO)C(O)C(O)C4O)C3O)C(O)C2NC(C)=O)C1O. The molecular formula is C58H98N2O46. The lowest BCUT2D eigenvalue weighted by molar-refractivity contribution is -0.399. The molecule has 106 heavy (non-hydrogen) atoms. The van der Waals surface area contributed by atoms with Crippen LogP contribution in [0, 0.1) is 0 Å². The van der Waals surface area contributed by atoms with Crippen LogP contribution in [0.25, 0.3) is 0 Å². The van der Waals surface area contributed by atoms with Crippen LogP contribution in [-0.2, 0) is 90.1 Å². The Balaban J connectivity index is 1.06. The van der Waals surface area contributed by atoms with Crippen molar-refractivity contribution >= 4 is 11.8 Å². The van der Waals surface area contributed by atoms with E-state index >= 15 is 0 Å². The first-order chi connectivity index (χ1) is 50.2. The van der Waals surface area contributed by atoms with Crippen LogP contribution in [0.15, 0.2) is 0 Å². The summed E-state index contributed by atoms with van der Waals surface area (Å²) < 4.78 is 98.9. The van der Waals surface area contributed by atoms with Gasteiger partial charge in [-0.3, -0.25) is 9.59 Å². The van der Waals surface area contributed by atoms with E-state index < -0.39 is 348 Å². The summed E-state index contributed by atoms with van der Waals surface area (Å²) in [5.41, 5.74) is 0. The third kappa shape index (κ3) is 18.7. The van der Waals surface area contributed by atoms with E-state index in [-0.39, 0.29) is 0 Å². The van der Waals surface area contributed by atoms with E-state index in [0.29, 0.717) is 0 Å². The van der Waals surface area contributed by atoms with Gasteiger partial charge >= 0.3 is 0 Å². The molecule has 0 aromatic rings. The lowest BCUT2D eigenvalue weighted by Crippen LogP contribution is -2.70. The fourth-order valence-electron chi connectivity index (χ4n) is 13.6. The van der Waals surface area contributed by atoms with Crippen molar-refractivity contribution in [1.82, 2.24) is 10.6 Å². The number of hydrogen-bond donors (Lipinski definition) is 29. The van der Waals surface area contributed by atoms with Gasteiger partial charge in [0.2, 0.25) is 11.8 Å². The third-order valence-corrected chi connectivity index (χ3v) is 19.5. The topological polar surface area (TPSA) is 761 Å². The van der Waals surface area contributed by atoms with E-state index in [1.165, 1.54) is 0 Å². The number of carbonyl (C=O) groups is 2. The molecule has 9 fully saturated rings. The minimum absolute atomic E-state index is 0.784. The summed E-state index contributed by atoms with van der Waals surface area (Å²) in [5, 5.41) is 301. The Kier molecular flexibility index (Phi) is 31.1. The molecule has 2 amide bonds. The number of amides is 2. The van der Waals surface area contributed by atoms with Gasteiger partial charge in [-0.05, 0) is 0 Å². The summed E-state index contributed by atoms with van der Waals surface area (Å²) in [6.45, 7) is -7.77. The van der Waals surface area contributed by atoms with Crippen molar-refractivity contribution in [2.45, 2.75) is 290 Å². The molecule has 0 aromatic heterocycles. The van der Waals surface area contributed by atoms with E-state index in [4.69, 9.17) is 80.5 Å². The second kappa shape index (κ2) is 37.9. The molecule has 0 aliphatic carbocycles. The minimum Gasteiger partial charge on any atom is -0.394 e. The molecule has 0 radical (unpaired) electrons. The van der Waals surface area contributed by atoms with Crippen LogP contribution in [-0.4, -0.2) is 485 Å². The maximum atomic E-state index is 12.9. The molecule has 616 valence electrons. The highest BCUT2D eigenvalue weighted by atomic mass is 16.8. The average Bonchev–Trinajstić information content (AvgIpc) is 0.827. The highest BCUT2D eigenvalue weighted by Gasteiger charge is 2.61. The van der Waals surface area contributed by atoms with Gasteiger partial charge in [0, 0.05) is 13.8 Å². The molecule has 0 saturated carbocycles. The lowest BCUT2D eigenvalue weighted by atomic mass is 9.94. The smallest absolute Gasteiger partial charge is 0.217 e. The van der Waals surface area contributed by atoms with E-state index in [1.807, 2.05) is 0 Å². The Hall–Kier alpha value is -2.82. The molecule has 48 nitrogen and oxygen atoms in total. The van der Waals surface area contributed by atoms with Gasteiger partial charge in [0.1, 0.15) is 220 Å². The molecule has 0 spiro atoms. The highest BCUT2D eigenvalue weighted by molar-refractivity contribution is 5.73. The quantitative estimate of drug-likeness (QED) is 0.0346. The van der Waals surface area contributed by atoms with E-state index in [1.54, 1.807) is 0 Å². The molecule has 45 atom stereocenters. The molecule has 45 unspecified atom stereocenters. The summed E-state index contributed by atoms with van der Waals surface area (Å²) in [7, 11) is 0. The Labute approximate surface area is 598 Å². The average molecular weight is 1560 g/mol. The van der Waals surface area contributed by atoms with Gasteiger partial charge in [-0.1, -0.05) is 0 Å². The number of nitrogens with one attached hydrogen (secondary N) is 2. The largest absolute Gasteiger partial charge is 0.394 e. The maximum absolute atomic E-state index is 12.9. The fourth-order valence-corrected chi connectivity index (χ4v) is 13.6. The summed E-state index contributed by atoms with van der Waals surface area (Å²) in [6, 6.07) is -3.56. The highest BCUT2D eigenvalue weighted by Crippen LogP contribution is 2.40. The van der Waals surface area contributed by atoms with Gasteiger partial charge in [-0.15, -0.1) is 0 Å². The monoisotopic (exact) mass is 1560 g/mol. The van der Waals surface area contributed by atoms with Gasteiger partial charge in [0.05, 0.1) is 59.5 Å².